The summed E-state index contributed by atoms with van der Waals surface area (Å²) in [5, 5.41) is 0.571. The number of rotatable bonds is 3. The molecular weight excluding hydrogens is 574 g/mol. The van der Waals surface area contributed by atoms with E-state index >= 15 is 0 Å². The third-order valence-electron chi connectivity index (χ3n) is 8.32. The van der Waals surface area contributed by atoms with Crippen LogP contribution in [0.5, 0.6) is 0 Å². The van der Waals surface area contributed by atoms with Crippen molar-refractivity contribution in [2.75, 3.05) is 4.90 Å². The molecule has 2 heterocycles. The van der Waals surface area contributed by atoms with E-state index in [2.05, 4.69) is 15.9 Å². The SMILES string of the molecule is O=C(c1ccccc1)C1C(c2ccc(Br)cc2)C2(C(=O)c3ccccc3C2=O)C2C=Cc3cc(Cl)ccc3N12. The first-order valence-electron chi connectivity index (χ1n) is 12.7. The largest absolute Gasteiger partial charge is 0.352 e. The van der Waals surface area contributed by atoms with Crippen LogP contribution in [0.3, 0.4) is 0 Å². The summed E-state index contributed by atoms with van der Waals surface area (Å²) in [6, 6.07) is 27.8. The number of anilines is 1. The van der Waals surface area contributed by atoms with Gasteiger partial charge in [-0.15, -0.1) is 0 Å². The van der Waals surface area contributed by atoms with Crippen LogP contribution in [0.15, 0.2) is 108 Å². The molecule has 6 heteroatoms. The highest BCUT2D eigenvalue weighted by molar-refractivity contribution is 9.10. The Morgan fingerprint density at radius 2 is 1.46 bits per heavy atom. The van der Waals surface area contributed by atoms with E-state index in [-0.39, 0.29) is 17.3 Å². The van der Waals surface area contributed by atoms with Crippen molar-refractivity contribution in [3.05, 3.63) is 140 Å². The number of Topliss-reactive ketones (excluding diaryl/α,β-unsaturated/α-hetero) is 3. The topological polar surface area (TPSA) is 54.5 Å². The monoisotopic (exact) mass is 593 g/mol. The van der Waals surface area contributed by atoms with E-state index in [9.17, 15) is 14.4 Å². The summed E-state index contributed by atoms with van der Waals surface area (Å²) in [6.07, 6.45) is 3.83. The number of carbonyl (C=O) groups excluding carboxylic acids is 3. The molecule has 2 aliphatic heterocycles. The number of nitrogens with zero attached hydrogens (tertiary/aromatic N) is 1. The Morgan fingerprint density at radius 1 is 0.821 bits per heavy atom. The third-order valence-corrected chi connectivity index (χ3v) is 9.09. The second-order valence-corrected chi connectivity index (χ2v) is 11.5. The minimum absolute atomic E-state index is 0.141. The lowest BCUT2D eigenvalue weighted by atomic mass is 9.64. The maximum absolute atomic E-state index is 14.6. The zero-order chi connectivity index (χ0) is 26.9. The molecule has 3 atom stereocenters. The average Bonchev–Trinajstić information content (AvgIpc) is 3.39. The van der Waals surface area contributed by atoms with E-state index in [0.29, 0.717) is 21.7 Å². The summed E-state index contributed by atoms with van der Waals surface area (Å²) in [6.45, 7) is 0. The van der Waals surface area contributed by atoms with Crippen LogP contribution in [0.2, 0.25) is 5.02 Å². The lowest BCUT2D eigenvalue weighted by molar-refractivity contribution is 0.0666. The van der Waals surface area contributed by atoms with E-state index in [1.54, 1.807) is 42.5 Å². The fourth-order valence-electron chi connectivity index (χ4n) is 6.76. The Balaban J connectivity index is 1.55. The lowest BCUT2D eigenvalue weighted by Crippen LogP contribution is -2.48. The van der Waals surface area contributed by atoms with Gasteiger partial charge in [0.15, 0.2) is 17.3 Å². The highest BCUT2D eigenvalue weighted by Crippen LogP contribution is 2.61. The Hall–Kier alpha value is -3.80. The fraction of sp³-hybridized carbons (Fsp3) is 0.121. The highest BCUT2D eigenvalue weighted by Gasteiger charge is 2.71. The van der Waals surface area contributed by atoms with Crippen LogP contribution >= 0.6 is 27.5 Å². The average molecular weight is 595 g/mol. The molecule has 0 aromatic heterocycles. The zero-order valence-electron chi connectivity index (χ0n) is 20.6. The molecule has 1 fully saturated rings. The van der Waals surface area contributed by atoms with E-state index in [0.717, 1.165) is 21.3 Å². The summed E-state index contributed by atoms with van der Waals surface area (Å²) >= 11 is 9.86. The van der Waals surface area contributed by atoms with Gasteiger partial charge in [0, 0.05) is 37.8 Å². The first-order valence-corrected chi connectivity index (χ1v) is 13.9. The number of benzene rings is 4. The molecule has 1 aliphatic carbocycles. The minimum atomic E-state index is -1.51. The van der Waals surface area contributed by atoms with Gasteiger partial charge in [-0.25, -0.2) is 0 Å². The molecule has 0 bridgehead atoms. The number of carbonyl (C=O) groups is 3. The Labute approximate surface area is 239 Å². The van der Waals surface area contributed by atoms with Crippen molar-refractivity contribution in [2.45, 2.75) is 18.0 Å². The summed E-state index contributed by atoms with van der Waals surface area (Å²) in [7, 11) is 0. The van der Waals surface area contributed by atoms with Crippen LogP contribution in [-0.4, -0.2) is 29.4 Å². The molecule has 0 saturated carbocycles. The first-order chi connectivity index (χ1) is 18.9. The molecule has 4 aromatic rings. The summed E-state index contributed by atoms with van der Waals surface area (Å²) in [5.41, 5.74) is 2.21. The number of ketones is 3. The Kier molecular flexibility index (Phi) is 5.51. The van der Waals surface area contributed by atoms with Gasteiger partial charge in [-0.1, -0.05) is 106 Å². The number of hydrogen-bond donors (Lipinski definition) is 0. The van der Waals surface area contributed by atoms with E-state index in [1.165, 1.54) is 0 Å². The maximum atomic E-state index is 14.6. The van der Waals surface area contributed by atoms with Crippen molar-refractivity contribution < 1.29 is 14.4 Å². The lowest BCUT2D eigenvalue weighted by Gasteiger charge is -2.37. The molecule has 0 N–H and O–H groups in total. The van der Waals surface area contributed by atoms with E-state index in [1.807, 2.05) is 71.6 Å². The second-order valence-electron chi connectivity index (χ2n) is 10.2. The quantitative estimate of drug-likeness (QED) is 0.183. The first kappa shape index (κ1) is 24.3. The van der Waals surface area contributed by atoms with Crippen LogP contribution in [0, 0.1) is 5.41 Å². The van der Waals surface area contributed by atoms with Crippen LogP contribution in [0.25, 0.3) is 6.08 Å². The molecular formula is C33H21BrClNO3. The minimum Gasteiger partial charge on any atom is -0.352 e. The number of hydrogen-bond acceptors (Lipinski definition) is 4. The van der Waals surface area contributed by atoms with Gasteiger partial charge in [-0.05, 0) is 41.5 Å². The van der Waals surface area contributed by atoms with Crippen molar-refractivity contribution in [3.8, 4) is 0 Å². The highest BCUT2D eigenvalue weighted by atomic mass is 79.9. The molecule has 3 unspecified atom stereocenters. The predicted molar refractivity (Wildman–Crippen MR) is 156 cm³/mol. The van der Waals surface area contributed by atoms with Gasteiger partial charge in [0.2, 0.25) is 0 Å². The molecule has 39 heavy (non-hydrogen) atoms. The standard InChI is InChI=1S/C33H21BrClNO3/c34-22-13-10-19(11-14-22)28-29(30(37)20-6-2-1-3-7-20)36-26-16-15-23(35)18-21(26)12-17-27(36)33(28)31(38)24-8-4-5-9-25(24)32(33)39/h1-18,27-29H. The smallest absolute Gasteiger partial charge is 0.185 e. The summed E-state index contributed by atoms with van der Waals surface area (Å²) in [5.74, 6) is -1.35. The molecule has 0 amide bonds. The molecule has 4 aromatic carbocycles. The van der Waals surface area contributed by atoms with Crippen molar-refractivity contribution in [1.82, 2.24) is 0 Å². The third kappa shape index (κ3) is 3.33. The molecule has 4 nitrogen and oxygen atoms in total. The van der Waals surface area contributed by atoms with Crippen LogP contribution in [0.1, 0.15) is 48.1 Å². The van der Waals surface area contributed by atoms with Crippen molar-refractivity contribution >= 4 is 56.6 Å². The van der Waals surface area contributed by atoms with Gasteiger partial charge in [-0.3, -0.25) is 14.4 Å². The van der Waals surface area contributed by atoms with Crippen LogP contribution in [0.4, 0.5) is 5.69 Å². The molecule has 1 spiro atoms. The maximum Gasteiger partial charge on any atom is 0.185 e. The molecule has 1 saturated heterocycles. The Bertz CT molecular complexity index is 1680. The summed E-state index contributed by atoms with van der Waals surface area (Å²) in [4.78, 5) is 45.7. The summed E-state index contributed by atoms with van der Waals surface area (Å²) < 4.78 is 0.870. The van der Waals surface area contributed by atoms with Gasteiger partial charge < -0.3 is 4.90 Å². The van der Waals surface area contributed by atoms with E-state index in [4.69, 9.17) is 11.6 Å². The van der Waals surface area contributed by atoms with Gasteiger partial charge >= 0.3 is 0 Å². The fourth-order valence-corrected chi connectivity index (χ4v) is 7.21. The zero-order valence-corrected chi connectivity index (χ0v) is 22.9. The van der Waals surface area contributed by atoms with Crippen molar-refractivity contribution in [2.24, 2.45) is 5.41 Å². The number of halogens is 2. The van der Waals surface area contributed by atoms with Crippen LogP contribution < -0.4 is 4.90 Å². The second kappa shape index (κ2) is 8.87. The molecule has 7 rings (SSSR count). The predicted octanol–water partition coefficient (Wildman–Crippen LogP) is 7.42. The van der Waals surface area contributed by atoms with Crippen molar-refractivity contribution in [1.29, 1.82) is 0 Å². The van der Waals surface area contributed by atoms with Crippen molar-refractivity contribution in [3.63, 3.8) is 0 Å². The molecule has 0 radical (unpaired) electrons. The van der Waals surface area contributed by atoms with Crippen LogP contribution in [-0.2, 0) is 0 Å². The van der Waals surface area contributed by atoms with Gasteiger partial charge in [-0.2, -0.15) is 0 Å². The van der Waals surface area contributed by atoms with Gasteiger partial charge in [0.1, 0.15) is 11.5 Å². The number of fused-ring (bicyclic) bond motifs is 5. The molecule has 190 valence electrons. The molecule has 3 aliphatic rings. The Morgan fingerprint density at radius 3 is 2.13 bits per heavy atom. The van der Waals surface area contributed by atoms with E-state index < -0.39 is 23.4 Å². The van der Waals surface area contributed by atoms with Gasteiger partial charge in [0.25, 0.3) is 0 Å². The normalized spacial score (nSPS) is 22.1. The van der Waals surface area contributed by atoms with Gasteiger partial charge in [0.05, 0.1) is 6.04 Å².